The maximum atomic E-state index is 12.9. The van der Waals surface area contributed by atoms with Gasteiger partial charge in [-0.1, -0.05) is 0 Å². The Balaban J connectivity index is 1.63. The summed E-state index contributed by atoms with van der Waals surface area (Å²) >= 11 is 1.33. The van der Waals surface area contributed by atoms with Gasteiger partial charge < -0.3 is 11.1 Å². The van der Waals surface area contributed by atoms with E-state index in [1.54, 1.807) is 17.5 Å². The first kappa shape index (κ1) is 14.6. The first-order chi connectivity index (χ1) is 10.5. The van der Waals surface area contributed by atoms with Crippen molar-refractivity contribution in [2.75, 3.05) is 0 Å². The highest BCUT2D eigenvalue weighted by Gasteiger charge is 2.34. The van der Waals surface area contributed by atoms with Crippen molar-refractivity contribution in [1.29, 1.82) is 0 Å². The van der Waals surface area contributed by atoms with E-state index in [2.05, 4.69) is 10.3 Å². The molecule has 0 atom stereocenters. The fourth-order valence-electron chi connectivity index (χ4n) is 2.33. The van der Waals surface area contributed by atoms with Gasteiger partial charge in [0, 0.05) is 22.9 Å². The topological polar surface area (TPSA) is 85.1 Å². The zero-order chi connectivity index (χ0) is 15.7. The lowest BCUT2D eigenvalue weighted by Crippen LogP contribution is -2.48. The summed E-state index contributed by atoms with van der Waals surface area (Å²) in [5.74, 6) is -1.04. The molecule has 3 N–H and O–H groups in total. The summed E-state index contributed by atoms with van der Waals surface area (Å²) in [6.07, 6.45) is 1.16. The molecule has 2 amide bonds. The van der Waals surface area contributed by atoms with Crippen LogP contribution in [0.2, 0.25) is 0 Å². The number of benzene rings is 1. The van der Waals surface area contributed by atoms with Crippen LogP contribution >= 0.6 is 11.3 Å². The number of nitrogens with two attached hydrogens (primary N) is 1. The number of aromatic nitrogens is 1. The second kappa shape index (κ2) is 5.84. The van der Waals surface area contributed by atoms with Gasteiger partial charge in [-0.3, -0.25) is 9.59 Å². The lowest BCUT2D eigenvalue weighted by Gasteiger charge is -2.33. The molecule has 1 aromatic carbocycles. The molecule has 5 nitrogen and oxygen atoms in total. The third-order valence-electron chi connectivity index (χ3n) is 3.70. The Morgan fingerprint density at radius 2 is 1.95 bits per heavy atom. The van der Waals surface area contributed by atoms with E-state index in [0.29, 0.717) is 23.5 Å². The zero-order valence-electron chi connectivity index (χ0n) is 11.6. The Kier molecular flexibility index (Phi) is 3.89. The maximum Gasteiger partial charge on any atom is 0.270 e. The van der Waals surface area contributed by atoms with Crippen molar-refractivity contribution >= 4 is 23.2 Å². The highest BCUT2D eigenvalue weighted by Crippen LogP contribution is 2.28. The third-order valence-corrected chi connectivity index (χ3v) is 4.60. The van der Waals surface area contributed by atoms with E-state index < -0.39 is 0 Å². The number of primary amides is 1. The summed E-state index contributed by atoms with van der Waals surface area (Å²) in [7, 11) is 0. The molecule has 0 radical (unpaired) electrons. The Morgan fingerprint density at radius 1 is 1.27 bits per heavy atom. The number of nitrogens with zero attached hydrogens (tertiary/aromatic N) is 1. The molecule has 3 rings (SSSR count). The predicted molar refractivity (Wildman–Crippen MR) is 80.7 cm³/mol. The molecule has 0 spiro atoms. The molecule has 1 fully saturated rings. The number of rotatable bonds is 4. The van der Waals surface area contributed by atoms with Crippen LogP contribution < -0.4 is 11.1 Å². The molecule has 0 aliphatic heterocycles. The van der Waals surface area contributed by atoms with Gasteiger partial charge in [0.15, 0.2) is 0 Å². The van der Waals surface area contributed by atoms with Gasteiger partial charge >= 0.3 is 0 Å². The molecular formula is C15H14FN3O2S. The summed E-state index contributed by atoms with van der Waals surface area (Å²) in [5, 5.41) is 5.15. The van der Waals surface area contributed by atoms with Crippen LogP contribution in [0.15, 0.2) is 29.6 Å². The fraction of sp³-hybridized carbons (Fsp3) is 0.267. The number of hydrogen-bond acceptors (Lipinski definition) is 4. The number of carbonyl (C=O) groups excluding carboxylic acids is 2. The van der Waals surface area contributed by atoms with Crippen molar-refractivity contribution < 1.29 is 14.0 Å². The SMILES string of the molecule is NC(=O)C1CC(NC(=O)c2csc(-c3ccc(F)cc3)n2)C1. The average Bonchev–Trinajstić information content (AvgIpc) is 2.92. The predicted octanol–water partition coefficient (Wildman–Crippen LogP) is 1.94. The summed E-state index contributed by atoms with van der Waals surface area (Å²) < 4.78 is 12.9. The Labute approximate surface area is 130 Å². The normalized spacial score (nSPS) is 20.2. The third kappa shape index (κ3) is 2.99. The Bertz CT molecular complexity index is 708. The van der Waals surface area contributed by atoms with Gasteiger partial charge in [0.2, 0.25) is 5.91 Å². The molecule has 7 heteroatoms. The average molecular weight is 319 g/mol. The minimum Gasteiger partial charge on any atom is -0.369 e. The van der Waals surface area contributed by atoms with E-state index in [9.17, 15) is 14.0 Å². The largest absolute Gasteiger partial charge is 0.369 e. The quantitative estimate of drug-likeness (QED) is 0.903. The Morgan fingerprint density at radius 3 is 2.59 bits per heavy atom. The van der Waals surface area contributed by atoms with Crippen molar-refractivity contribution in [2.45, 2.75) is 18.9 Å². The van der Waals surface area contributed by atoms with E-state index in [1.165, 1.54) is 23.5 Å². The molecule has 0 saturated heterocycles. The number of hydrogen-bond donors (Lipinski definition) is 2. The van der Waals surface area contributed by atoms with Crippen LogP contribution in [0, 0.1) is 11.7 Å². The lowest BCUT2D eigenvalue weighted by atomic mass is 9.80. The van der Waals surface area contributed by atoms with Crippen LogP contribution in [-0.2, 0) is 4.79 Å². The van der Waals surface area contributed by atoms with Crippen molar-refractivity contribution in [3.8, 4) is 10.6 Å². The number of thiazole rings is 1. The monoisotopic (exact) mass is 319 g/mol. The van der Waals surface area contributed by atoms with Crippen LogP contribution in [0.5, 0.6) is 0 Å². The molecule has 1 saturated carbocycles. The number of halogens is 1. The zero-order valence-corrected chi connectivity index (χ0v) is 12.4. The molecule has 22 heavy (non-hydrogen) atoms. The highest BCUT2D eigenvalue weighted by atomic mass is 32.1. The van der Waals surface area contributed by atoms with Crippen LogP contribution in [0.3, 0.4) is 0 Å². The molecule has 1 aliphatic carbocycles. The van der Waals surface area contributed by atoms with Gasteiger partial charge in [0.05, 0.1) is 0 Å². The van der Waals surface area contributed by atoms with Crippen LogP contribution in [-0.4, -0.2) is 22.8 Å². The second-order valence-corrected chi connectivity index (χ2v) is 6.14. The summed E-state index contributed by atoms with van der Waals surface area (Å²) in [5.41, 5.74) is 6.28. The van der Waals surface area contributed by atoms with Gasteiger partial charge in [-0.05, 0) is 37.1 Å². The lowest BCUT2D eigenvalue weighted by molar-refractivity contribution is -0.124. The van der Waals surface area contributed by atoms with Crippen molar-refractivity contribution in [2.24, 2.45) is 11.7 Å². The highest BCUT2D eigenvalue weighted by molar-refractivity contribution is 7.13. The molecular weight excluding hydrogens is 305 g/mol. The first-order valence-corrected chi connectivity index (χ1v) is 7.72. The molecule has 2 aromatic rings. The first-order valence-electron chi connectivity index (χ1n) is 6.84. The molecule has 0 unspecified atom stereocenters. The van der Waals surface area contributed by atoms with Crippen molar-refractivity contribution in [3.05, 3.63) is 41.2 Å². The van der Waals surface area contributed by atoms with E-state index in [-0.39, 0.29) is 29.6 Å². The molecule has 1 aliphatic rings. The van der Waals surface area contributed by atoms with Gasteiger partial charge in [0.25, 0.3) is 5.91 Å². The van der Waals surface area contributed by atoms with Gasteiger partial charge in [-0.2, -0.15) is 0 Å². The molecule has 1 heterocycles. The van der Waals surface area contributed by atoms with Gasteiger partial charge in [-0.15, -0.1) is 11.3 Å². The second-order valence-electron chi connectivity index (χ2n) is 5.29. The maximum absolute atomic E-state index is 12.9. The fourth-order valence-corrected chi connectivity index (χ4v) is 3.14. The smallest absolute Gasteiger partial charge is 0.270 e. The van der Waals surface area contributed by atoms with E-state index in [0.717, 1.165) is 5.56 Å². The summed E-state index contributed by atoms with van der Waals surface area (Å²) in [6.45, 7) is 0. The van der Waals surface area contributed by atoms with Crippen LogP contribution in [0.25, 0.3) is 10.6 Å². The van der Waals surface area contributed by atoms with E-state index in [1.807, 2.05) is 0 Å². The van der Waals surface area contributed by atoms with Crippen molar-refractivity contribution in [1.82, 2.24) is 10.3 Å². The van der Waals surface area contributed by atoms with Crippen molar-refractivity contribution in [3.63, 3.8) is 0 Å². The van der Waals surface area contributed by atoms with Gasteiger partial charge in [-0.25, -0.2) is 9.37 Å². The molecule has 0 bridgehead atoms. The molecule has 1 aromatic heterocycles. The number of amides is 2. The summed E-state index contributed by atoms with van der Waals surface area (Å²) in [6, 6.07) is 5.93. The number of carbonyl (C=O) groups is 2. The van der Waals surface area contributed by atoms with Crippen LogP contribution in [0.4, 0.5) is 4.39 Å². The number of nitrogens with one attached hydrogen (secondary N) is 1. The van der Waals surface area contributed by atoms with Gasteiger partial charge in [0.1, 0.15) is 16.5 Å². The standard InChI is InChI=1S/C15H14FN3O2S/c16-10-3-1-8(2-4-10)15-19-12(7-22-15)14(21)18-11-5-9(6-11)13(17)20/h1-4,7,9,11H,5-6H2,(H2,17,20)(H,18,21). The van der Waals surface area contributed by atoms with E-state index >= 15 is 0 Å². The minimum atomic E-state index is -0.322. The minimum absolute atomic E-state index is 0.0269. The summed E-state index contributed by atoms with van der Waals surface area (Å²) in [4.78, 5) is 27.3. The Hall–Kier alpha value is -2.28. The van der Waals surface area contributed by atoms with E-state index in [4.69, 9.17) is 5.73 Å². The van der Waals surface area contributed by atoms with Crippen LogP contribution in [0.1, 0.15) is 23.3 Å². The molecule has 114 valence electrons.